The van der Waals surface area contributed by atoms with Crippen LogP contribution in [0, 0.1) is 10.1 Å². The van der Waals surface area contributed by atoms with E-state index in [4.69, 9.17) is 0 Å². The summed E-state index contributed by atoms with van der Waals surface area (Å²) < 4.78 is 27.3. The standard InChI is InChI=1S/C10H12N2O6S/c1-18-9(13)6-11-7-4-3-5-8(19(2,16)17)10(7)12(14)15/h3-5,11H,6H2,1-2H3. The first kappa shape index (κ1) is 14.9. The molecule has 0 fully saturated rings. The van der Waals surface area contributed by atoms with Crippen LogP contribution in [0.2, 0.25) is 0 Å². The number of hydrogen-bond acceptors (Lipinski definition) is 7. The number of nitro benzene ring substituents is 1. The summed E-state index contributed by atoms with van der Waals surface area (Å²) in [4.78, 5) is 20.7. The highest BCUT2D eigenvalue weighted by Gasteiger charge is 2.26. The van der Waals surface area contributed by atoms with Crippen molar-refractivity contribution in [1.82, 2.24) is 0 Å². The van der Waals surface area contributed by atoms with Crippen molar-refractivity contribution in [3.8, 4) is 0 Å². The second kappa shape index (κ2) is 5.65. The zero-order chi connectivity index (χ0) is 14.6. The second-order valence-corrected chi connectivity index (χ2v) is 5.60. The first-order chi connectivity index (χ1) is 8.77. The number of carbonyl (C=O) groups excluding carboxylic acids is 1. The van der Waals surface area contributed by atoms with Crippen molar-refractivity contribution in [3.05, 3.63) is 28.3 Å². The van der Waals surface area contributed by atoms with Crippen molar-refractivity contribution in [2.45, 2.75) is 4.90 Å². The molecule has 0 saturated carbocycles. The fraction of sp³-hybridized carbons (Fsp3) is 0.300. The van der Waals surface area contributed by atoms with Crippen LogP contribution < -0.4 is 5.32 Å². The fourth-order valence-corrected chi connectivity index (χ4v) is 2.25. The molecule has 8 nitrogen and oxygen atoms in total. The lowest BCUT2D eigenvalue weighted by Gasteiger charge is -2.08. The number of esters is 1. The van der Waals surface area contributed by atoms with Crippen LogP contribution in [0.3, 0.4) is 0 Å². The molecule has 0 aliphatic heterocycles. The van der Waals surface area contributed by atoms with E-state index in [9.17, 15) is 23.3 Å². The Hall–Kier alpha value is -2.16. The Bertz CT molecular complexity index is 610. The minimum Gasteiger partial charge on any atom is -0.468 e. The lowest BCUT2D eigenvalue weighted by atomic mass is 10.2. The number of carbonyl (C=O) groups is 1. The van der Waals surface area contributed by atoms with Crippen LogP contribution in [0.1, 0.15) is 0 Å². The highest BCUT2D eigenvalue weighted by atomic mass is 32.2. The molecule has 9 heteroatoms. The van der Waals surface area contributed by atoms with Crippen molar-refractivity contribution < 1.29 is 22.9 Å². The quantitative estimate of drug-likeness (QED) is 0.478. The van der Waals surface area contributed by atoms with Crippen LogP contribution >= 0.6 is 0 Å². The highest BCUT2D eigenvalue weighted by Crippen LogP contribution is 2.31. The average Bonchev–Trinajstić information content (AvgIpc) is 2.34. The van der Waals surface area contributed by atoms with Crippen LogP contribution in [0.25, 0.3) is 0 Å². The molecule has 0 atom stereocenters. The number of para-hydroxylation sites is 1. The van der Waals surface area contributed by atoms with Gasteiger partial charge < -0.3 is 10.1 Å². The SMILES string of the molecule is COC(=O)CNc1cccc(S(C)(=O)=O)c1[N+](=O)[O-]. The van der Waals surface area contributed by atoms with Crippen molar-refractivity contribution in [2.75, 3.05) is 25.2 Å². The van der Waals surface area contributed by atoms with Gasteiger partial charge in [0.1, 0.15) is 17.1 Å². The largest absolute Gasteiger partial charge is 0.468 e. The molecular formula is C10H12N2O6S. The zero-order valence-corrected chi connectivity index (χ0v) is 11.1. The summed E-state index contributed by atoms with van der Waals surface area (Å²) in [5.41, 5.74) is -0.646. The third kappa shape index (κ3) is 3.65. The van der Waals surface area contributed by atoms with E-state index in [0.29, 0.717) is 0 Å². The van der Waals surface area contributed by atoms with Crippen LogP contribution in [0.4, 0.5) is 11.4 Å². The molecule has 1 rings (SSSR count). The normalized spacial score (nSPS) is 10.8. The van der Waals surface area contributed by atoms with E-state index in [1.807, 2.05) is 0 Å². The van der Waals surface area contributed by atoms with Gasteiger partial charge in [0.2, 0.25) is 0 Å². The minimum absolute atomic E-state index is 0.0571. The Morgan fingerprint density at radius 2 is 2.11 bits per heavy atom. The number of ether oxygens (including phenoxy) is 1. The van der Waals surface area contributed by atoms with E-state index in [-0.39, 0.29) is 12.2 Å². The number of nitro groups is 1. The van der Waals surface area contributed by atoms with Gasteiger partial charge in [-0.3, -0.25) is 14.9 Å². The van der Waals surface area contributed by atoms with Crippen LogP contribution in [-0.2, 0) is 19.4 Å². The Labute approximate surface area is 109 Å². The molecule has 19 heavy (non-hydrogen) atoms. The number of nitrogens with one attached hydrogen (secondary N) is 1. The molecule has 1 aromatic carbocycles. The van der Waals surface area contributed by atoms with Gasteiger partial charge in [0.25, 0.3) is 0 Å². The van der Waals surface area contributed by atoms with Crippen molar-refractivity contribution in [1.29, 1.82) is 0 Å². The maximum absolute atomic E-state index is 11.5. The topological polar surface area (TPSA) is 116 Å². The first-order valence-electron chi connectivity index (χ1n) is 5.05. The van der Waals surface area contributed by atoms with E-state index in [1.165, 1.54) is 19.2 Å². The second-order valence-electron chi connectivity index (χ2n) is 3.61. The Morgan fingerprint density at radius 3 is 2.58 bits per heavy atom. The molecule has 0 saturated heterocycles. The molecular weight excluding hydrogens is 276 g/mol. The summed E-state index contributed by atoms with van der Waals surface area (Å²) in [6.07, 6.45) is 0.874. The van der Waals surface area contributed by atoms with Gasteiger partial charge in [-0.1, -0.05) is 6.07 Å². The van der Waals surface area contributed by atoms with E-state index in [1.54, 1.807) is 0 Å². The molecule has 0 radical (unpaired) electrons. The summed E-state index contributed by atoms with van der Waals surface area (Å²) in [5, 5.41) is 13.5. The number of methoxy groups -OCH3 is 1. The molecule has 0 aliphatic carbocycles. The maximum atomic E-state index is 11.5. The predicted molar refractivity (Wildman–Crippen MR) is 66.7 cm³/mol. The Balaban J connectivity index is 3.26. The van der Waals surface area contributed by atoms with Gasteiger partial charge in [-0.25, -0.2) is 8.42 Å². The maximum Gasteiger partial charge on any atom is 0.325 e. The third-order valence-electron chi connectivity index (χ3n) is 2.23. The molecule has 0 bridgehead atoms. The zero-order valence-electron chi connectivity index (χ0n) is 10.2. The van der Waals surface area contributed by atoms with Gasteiger partial charge in [0.05, 0.1) is 12.0 Å². The average molecular weight is 288 g/mol. The summed E-state index contributed by atoms with van der Waals surface area (Å²) in [7, 11) is -2.57. The van der Waals surface area contributed by atoms with Crippen LogP contribution in [0.15, 0.2) is 23.1 Å². The molecule has 104 valence electrons. The monoisotopic (exact) mass is 288 g/mol. The van der Waals surface area contributed by atoms with E-state index < -0.39 is 31.3 Å². The summed E-state index contributed by atoms with van der Waals surface area (Å²) in [6, 6.07) is 3.80. The number of rotatable bonds is 5. The van der Waals surface area contributed by atoms with Gasteiger partial charge in [0, 0.05) is 6.26 Å². The van der Waals surface area contributed by atoms with Gasteiger partial charge in [-0.15, -0.1) is 0 Å². The van der Waals surface area contributed by atoms with Crippen LogP contribution in [0.5, 0.6) is 0 Å². The smallest absolute Gasteiger partial charge is 0.325 e. The molecule has 1 aromatic rings. The highest BCUT2D eigenvalue weighted by molar-refractivity contribution is 7.90. The molecule has 0 spiro atoms. The number of sulfone groups is 1. The minimum atomic E-state index is -3.74. The van der Waals surface area contributed by atoms with Crippen LogP contribution in [-0.4, -0.2) is 39.2 Å². The molecule has 0 amide bonds. The van der Waals surface area contributed by atoms with Crippen molar-refractivity contribution in [3.63, 3.8) is 0 Å². The van der Waals surface area contributed by atoms with Gasteiger partial charge in [-0.2, -0.15) is 0 Å². The summed E-state index contributed by atoms with van der Waals surface area (Å²) >= 11 is 0. The summed E-state index contributed by atoms with van der Waals surface area (Å²) in [6.45, 7) is -0.301. The van der Waals surface area contributed by atoms with Gasteiger partial charge in [0.15, 0.2) is 9.84 Å². The number of nitrogens with zero attached hydrogens (tertiary/aromatic N) is 1. The Morgan fingerprint density at radius 1 is 1.47 bits per heavy atom. The van der Waals surface area contributed by atoms with E-state index in [2.05, 4.69) is 10.1 Å². The molecule has 0 unspecified atom stereocenters. The molecule has 1 N–H and O–H groups in total. The van der Waals surface area contributed by atoms with Crippen molar-refractivity contribution >= 4 is 27.2 Å². The molecule has 0 aliphatic rings. The lowest BCUT2D eigenvalue weighted by molar-refractivity contribution is -0.386. The first-order valence-corrected chi connectivity index (χ1v) is 6.94. The molecule has 0 heterocycles. The number of hydrogen-bond donors (Lipinski definition) is 1. The Kier molecular flexibility index (Phi) is 4.43. The van der Waals surface area contributed by atoms with Crippen molar-refractivity contribution in [2.24, 2.45) is 0 Å². The van der Waals surface area contributed by atoms with Gasteiger partial charge >= 0.3 is 11.7 Å². The molecule has 0 aromatic heterocycles. The number of anilines is 1. The lowest BCUT2D eigenvalue weighted by Crippen LogP contribution is -2.16. The third-order valence-corrected chi connectivity index (χ3v) is 3.36. The van der Waals surface area contributed by atoms with E-state index >= 15 is 0 Å². The van der Waals surface area contributed by atoms with E-state index in [0.717, 1.165) is 12.3 Å². The predicted octanol–water partition coefficient (Wildman–Crippen LogP) is 0.583. The number of benzene rings is 1. The van der Waals surface area contributed by atoms with Gasteiger partial charge in [-0.05, 0) is 12.1 Å². The summed E-state index contributed by atoms with van der Waals surface area (Å²) in [5.74, 6) is -0.626. The fourth-order valence-electron chi connectivity index (χ4n) is 1.39.